The Morgan fingerprint density at radius 2 is 2.38 bits per heavy atom. The zero-order chi connectivity index (χ0) is 6.41. The molecule has 0 N–H and O–H groups in total. The average Bonchev–Trinajstić information content (AvgIpc) is 1.83. The SMILES string of the molecule is C#P(/C=C\PC)CC. The van der Waals surface area contributed by atoms with Gasteiger partial charge >= 0.3 is 0 Å². The van der Waals surface area contributed by atoms with Gasteiger partial charge in [-0.2, -0.15) is 0 Å². The van der Waals surface area contributed by atoms with Crippen LogP contribution >= 0.6 is 16.0 Å². The van der Waals surface area contributed by atoms with E-state index in [-0.39, 0.29) is 7.38 Å². The van der Waals surface area contributed by atoms with Crippen molar-refractivity contribution in [2.45, 2.75) is 6.92 Å². The summed E-state index contributed by atoms with van der Waals surface area (Å²) in [5.74, 6) is 4.29. The van der Waals surface area contributed by atoms with E-state index in [1.807, 2.05) is 0 Å². The molecule has 0 fully saturated rings. The summed E-state index contributed by atoms with van der Waals surface area (Å²) in [6, 6.07) is 0. The fourth-order valence-electron chi connectivity index (χ4n) is 0.276. The van der Waals surface area contributed by atoms with E-state index >= 15 is 0 Å². The Kier molecular flexibility index (Phi) is 5.56. The van der Waals surface area contributed by atoms with Gasteiger partial charge < -0.3 is 0 Å². The predicted molar refractivity (Wildman–Crippen MR) is 45.8 cm³/mol. The highest BCUT2D eigenvalue weighted by molar-refractivity contribution is 7.51. The summed E-state index contributed by atoms with van der Waals surface area (Å²) >= 11 is 0. The highest BCUT2D eigenvalue weighted by atomic mass is 31.1. The molecular formula is C6H12P2. The quantitative estimate of drug-likeness (QED) is 0.499. The van der Waals surface area contributed by atoms with Crippen molar-refractivity contribution in [1.82, 2.24) is 0 Å². The van der Waals surface area contributed by atoms with E-state index in [2.05, 4.69) is 25.2 Å². The molecule has 46 valence electrons. The molecule has 0 aromatic rings. The summed E-state index contributed by atoms with van der Waals surface area (Å²) in [5, 5.41) is 0. The third kappa shape index (κ3) is 4.41. The smallest absolute Gasteiger partial charge is 0.0106 e. The Balaban J connectivity index is 3.43. The molecule has 0 aliphatic carbocycles. The first kappa shape index (κ1) is 8.25. The summed E-state index contributed by atoms with van der Waals surface area (Å²) in [4.78, 5) is 0. The van der Waals surface area contributed by atoms with Crippen LogP contribution in [-0.4, -0.2) is 12.8 Å². The second-order valence-corrected chi connectivity index (χ2v) is 4.30. The zero-order valence-corrected chi connectivity index (χ0v) is 7.28. The van der Waals surface area contributed by atoms with E-state index in [0.29, 0.717) is 0 Å². The van der Waals surface area contributed by atoms with E-state index < -0.39 is 0 Å². The minimum absolute atomic E-state index is 0.258. The van der Waals surface area contributed by atoms with Gasteiger partial charge in [-0.15, -0.1) is 14.7 Å². The Bertz CT molecular complexity index is 127. The topological polar surface area (TPSA) is 0 Å². The summed E-state index contributed by atoms with van der Waals surface area (Å²) in [6.07, 6.45) is 6.75. The van der Waals surface area contributed by atoms with Crippen molar-refractivity contribution in [3.63, 3.8) is 0 Å². The summed E-state index contributed by atoms with van der Waals surface area (Å²) < 4.78 is 0. The van der Waals surface area contributed by atoms with E-state index in [0.717, 1.165) is 14.7 Å². The minimum Gasteiger partial charge on any atom is -0.143 e. The fourth-order valence-corrected chi connectivity index (χ4v) is 1.85. The molecule has 0 bridgehead atoms. The van der Waals surface area contributed by atoms with E-state index in [9.17, 15) is 0 Å². The van der Waals surface area contributed by atoms with Crippen LogP contribution in [0.25, 0.3) is 0 Å². The van der Waals surface area contributed by atoms with Crippen molar-refractivity contribution in [3.8, 4) is 6.13 Å². The van der Waals surface area contributed by atoms with E-state index in [1.165, 1.54) is 0 Å². The van der Waals surface area contributed by atoms with Crippen LogP contribution in [0.3, 0.4) is 0 Å². The predicted octanol–water partition coefficient (Wildman–Crippen LogP) is 2.86. The first-order valence-corrected chi connectivity index (χ1v) is 5.90. The maximum absolute atomic E-state index is 5.64. The van der Waals surface area contributed by atoms with Gasteiger partial charge in [0, 0.05) is 0 Å². The lowest BCUT2D eigenvalue weighted by Crippen LogP contribution is -1.53. The van der Waals surface area contributed by atoms with Gasteiger partial charge in [0.15, 0.2) is 0 Å². The standard InChI is InChI=1S/C6H12P2/c1-4-8(3)6-5-7-2/h3,5-7H,4H2,1-2H3/b6-5-. The molecular weight excluding hydrogens is 134 g/mol. The van der Waals surface area contributed by atoms with Crippen LogP contribution < -0.4 is 0 Å². The molecule has 2 atom stereocenters. The molecule has 0 nitrogen and oxygen atoms in total. The summed E-state index contributed by atoms with van der Waals surface area (Å²) in [5.41, 5.74) is 0. The summed E-state index contributed by atoms with van der Waals surface area (Å²) in [7, 11) is 0.651. The van der Waals surface area contributed by atoms with Crippen molar-refractivity contribution in [3.05, 3.63) is 11.6 Å². The van der Waals surface area contributed by atoms with Crippen LogP contribution in [0.1, 0.15) is 6.92 Å². The molecule has 0 saturated heterocycles. The maximum atomic E-state index is 5.64. The summed E-state index contributed by atoms with van der Waals surface area (Å²) in [6.45, 7) is 4.27. The van der Waals surface area contributed by atoms with Crippen LogP contribution in [0, 0.1) is 6.13 Å². The Morgan fingerprint density at radius 1 is 1.75 bits per heavy atom. The molecule has 0 aromatic heterocycles. The third-order valence-corrected chi connectivity index (χ3v) is 2.84. The van der Waals surface area contributed by atoms with Gasteiger partial charge in [0.05, 0.1) is 0 Å². The number of rotatable bonds is 1. The van der Waals surface area contributed by atoms with Gasteiger partial charge in [-0.1, -0.05) is 20.1 Å². The van der Waals surface area contributed by atoms with Crippen molar-refractivity contribution >= 4 is 16.0 Å². The van der Waals surface area contributed by atoms with Crippen molar-refractivity contribution in [1.29, 1.82) is 0 Å². The molecule has 0 aliphatic rings. The van der Waals surface area contributed by atoms with Crippen LogP contribution in [0.2, 0.25) is 0 Å². The monoisotopic (exact) mass is 146 g/mol. The Morgan fingerprint density at radius 3 is 2.75 bits per heavy atom. The average molecular weight is 146 g/mol. The van der Waals surface area contributed by atoms with Crippen molar-refractivity contribution in [2.75, 3.05) is 12.8 Å². The highest BCUT2D eigenvalue weighted by Gasteiger charge is 1.73. The fraction of sp³-hybridized carbons (Fsp3) is 0.500. The van der Waals surface area contributed by atoms with Gasteiger partial charge in [-0.3, -0.25) is 0 Å². The largest absolute Gasteiger partial charge is 0.143 e. The lowest BCUT2D eigenvalue weighted by atomic mass is 11.0. The van der Waals surface area contributed by atoms with E-state index in [1.54, 1.807) is 0 Å². The molecule has 0 radical (unpaired) electrons. The van der Waals surface area contributed by atoms with Gasteiger partial charge in [0.1, 0.15) is 0 Å². The molecule has 0 rings (SSSR count). The van der Waals surface area contributed by atoms with Crippen LogP contribution in [0.5, 0.6) is 0 Å². The Hall–Kier alpha value is 0.250. The third-order valence-electron chi connectivity index (χ3n) is 0.798. The van der Waals surface area contributed by atoms with E-state index in [4.69, 9.17) is 6.13 Å². The van der Waals surface area contributed by atoms with Crippen LogP contribution in [0.15, 0.2) is 11.6 Å². The Labute approximate surface area is 54.2 Å². The van der Waals surface area contributed by atoms with Crippen molar-refractivity contribution < 1.29 is 0 Å². The molecule has 0 heterocycles. The lowest BCUT2D eigenvalue weighted by Gasteiger charge is -1.85. The molecule has 0 amide bonds. The van der Waals surface area contributed by atoms with Gasteiger partial charge in [0.25, 0.3) is 0 Å². The van der Waals surface area contributed by atoms with Gasteiger partial charge in [-0.25, -0.2) is 0 Å². The van der Waals surface area contributed by atoms with Crippen LogP contribution in [0.4, 0.5) is 0 Å². The first-order valence-electron chi connectivity index (χ1n) is 2.66. The molecule has 0 spiro atoms. The second kappa shape index (κ2) is 5.39. The molecule has 2 heteroatoms. The minimum atomic E-state index is -0.258. The molecule has 2 unspecified atom stereocenters. The normalized spacial score (nSPS) is 13.9. The molecule has 0 saturated carbocycles. The van der Waals surface area contributed by atoms with Crippen LogP contribution in [-0.2, 0) is 0 Å². The highest BCUT2D eigenvalue weighted by Crippen LogP contribution is 2.20. The number of hydrogen-bond donors (Lipinski definition) is 0. The van der Waals surface area contributed by atoms with Gasteiger partial charge in [-0.05, 0) is 18.6 Å². The molecule has 0 aromatic carbocycles. The molecule has 0 aliphatic heterocycles. The zero-order valence-electron chi connectivity index (χ0n) is 5.39. The maximum Gasteiger partial charge on any atom is -0.0106 e. The first-order chi connectivity index (χ1) is 3.81. The lowest BCUT2D eigenvalue weighted by molar-refractivity contribution is 1.52. The van der Waals surface area contributed by atoms with Gasteiger partial charge in [0.2, 0.25) is 0 Å². The number of hydrogen-bond acceptors (Lipinski definition) is 0. The van der Waals surface area contributed by atoms with Crippen molar-refractivity contribution in [2.24, 2.45) is 0 Å². The second-order valence-electron chi connectivity index (χ2n) is 1.43. The molecule has 8 heavy (non-hydrogen) atoms.